The quantitative estimate of drug-likeness (QED) is 0.180. The molecule has 1 unspecified atom stereocenters. The van der Waals surface area contributed by atoms with Crippen LogP contribution >= 0.6 is 15.1 Å². The Hall–Kier alpha value is -2.42. The molecule has 0 N–H and O–H groups in total. The van der Waals surface area contributed by atoms with Gasteiger partial charge in [0.2, 0.25) is 0 Å². The van der Waals surface area contributed by atoms with Gasteiger partial charge in [0.25, 0.3) is 0 Å². The second-order valence-electron chi connectivity index (χ2n) is 9.02. The van der Waals surface area contributed by atoms with E-state index in [0.29, 0.717) is 5.92 Å². The third kappa shape index (κ3) is 6.63. The van der Waals surface area contributed by atoms with Crippen LogP contribution in [0.15, 0.2) is 97.1 Å². The van der Waals surface area contributed by atoms with Crippen molar-refractivity contribution in [3.05, 3.63) is 108 Å². The number of benzene rings is 4. The number of halogens is 6. The molecule has 186 valence electrons. The van der Waals surface area contributed by atoms with Crippen LogP contribution in [-0.4, -0.2) is 6.16 Å². The Morgan fingerprint density at radius 1 is 0.657 bits per heavy atom. The van der Waals surface area contributed by atoms with Crippen molar-refractivity contribution in [2.45, 2.75) is 25.4 Å². The summed E-state index contributed by atoms with van der Waals surface area (Å²) in [6.45, 7) is 2.42. The molecule has 1 heterocycles. The van der Waals surface area contributed by atoms with Crippen molar-refractivity contribution in [3.63, 3.8) is 0 Å². The Balaban J connectivity index is 0.000000364. The Morgan fingerprint density at radius 2 is 1.14 bits per heavy atom. The maximum atomic E-state index is 9.87. The molecule has 5 rings (SSSR count). The molecule has 0 bridgehead atoms. The average Bonchev–Trinajstić information content (AvgIpc) is 2.96. The Labute approximate surface area is 201 Å². The molecule has 0 nitrogen and oxygen atoms in total. The summed E-state index contributed by atoms with van der Waals surface area (Å²) in [5.41, 5.74) is 3.15. The van der Waals surface area contributed by atoms with Gasteiger partial charge in [0.1, 0.15) is 0 Å². The summed E-state index contributed by atoms with van der Waals surface area (Å²) in [7, 11) is -12.2. The first-order valence-electron chi connectivity index (χ1n) is 11.3. The molecule has 0 saturated heterocycles. The Bertz CT molecular complexity index is 1270. The van der Waals surface area contributed by atoms with E-state index >= 15 is 0 Å². The molecule has 0 fully saturated rings. The van der Waals surface area contributed by atoms with Crippen LogP contribution in [-0.2, 0) is 6.16 Å². The maximum absolute atomic E-state index is 10.7. The molecule has 0 saturated carbocycles. The van der Waals surface area contributed by atoms with E-state index in [4.69, 9.17) is 0 Å². The predicted octanol–water partition coefficient (Wildman–Crippen LogP) is 9.90. The van der Waals surface area contributed by atoms with Gasteiger partial charge in [0.05, 0.1) is 30.2 Å². The first-order valence-corrected chi connectivity index (χ1v) is 15.5. The molecule has 0 spiro atoms. The van der Waals surface area contributed by atoms with Gasteiger partial charge in [0.15, 0.2) is 0 Å². The third-order valence-corrected chi connectivity index (χ3v) is 10.9. The number of hydrogen-bond acceptors (Lipinski definition) is 0. The SMILES string of the molecule is CC1CC[P+](c2ccccc2)(c2ccccc2)Cc2c1ccc1ccccc21.F[P-](F)(F)(F)(F)F. The topological polar surface area (TPSA) is 0 Å². The number of rotatable bonds is 2. The zero-order valence-corrected chi connectivity index (χ0v) is 20.9. The summed E-state index contributed by atoms with van der Waals surface area (Å²) < 4.78 is 59.2. The van der Waals surface area contributed by atoms with Crippen LogP contribution in [0.5, 0.6) is 0 Å². The first-order chi connectivity index (χ1) is 16.2. The van der Waals surface area contributed by atoms with E-state index in [9.17, 15) is 25.2 Å². The first kappa shape index (κ1) is 25.7. The second kappa shape index (κ2) is 8.61. The summed E-state index contributed by atoms with van der Waals surface area (Å²) >= 11 is 0. The van der Waals surface area contributed by atoms with Gasteiger partial charge in [-0.25, -0.2) is 0 Å². The van der Waals surface area contributed by atoms with Gasteiger partial charge in [-0.1, -0.05) is 79.7 Å². The molecule has 0 aliphatic carbocycles. The molecule has 1 aliphatic heterocycles. The number of hydrogen-bond donors (Lipinski definition) is 0. The molecule has 0 radical (unpaired) electrons. The van der Waals surface area contributed by atoms with Crippen LogP contribution in [0.4, 0.5) is 25.2 Å². The fraction of sp³-hybridized carbons (Fsp3) is 0.185. The standard InChI is InChI=1S/C27H26P.F6P/c1-21-18-19-28(23-11-4-2-5-12-23,24-13-6-3-7-14-24)20-27-25(21)17-16-22-10-8-9-15-26(22)27;1-7(2,3,4,5)6/h2-17,21H,18-20H2,1H3;/q+1;-1. The minimum atomic E-state index is -10.7. The second-order valence-corrected chi connectivity index (χ2v) is 14.7. The van der Waals surface area contributed by atoms with Gasteiger partial charge >= 0.3 is 33.0 Å². The monoisotopic (exact) mass is 526 g/mol. The normalized spacial score (nSPS) is 19.3. The van der Waals surface area contributed by atoms with Gasteiger partial charge in [-0.05, 0) is 52.9 Å². The van der Waals surface area contributed by atoms with Crippen molar-refractivity contribution in [1.82, 2.24) is 0 Å². The van der Waals surface area contributed by atoms with Crippen molar-refractivity contribution in [3.8, 4) is 0 Å². The average molecular weight is 526 g/mol. The Morgan fingerprint density at radius 3 is 1.69 bits per heavy atom. The fourth-order valence-corrected chi connectivity index (χ4v) is 9.47. The molecule has 4 aromatic rings. The zero-order chi connectivity index (χ0) is 25.4. The summed E-state index contributed by atoms with van der Waals surface area (Å²) in [6.07, 6.45) is 3.70. The fourth-order valence-electron chi connectivity index (χ4n) is 4.93. The number of fused-ring (bicyclic) bond motifs is 3. The predicted molar refractivity (Wildman–Crippen MR) is 138 cm³/mol. The molecule has 35 heavy (non-hydrogen) atoms. The molecule has 1 aliphatic rings. The van der Waals surface area contributed by atoms with Crippen LogP contribution in [0.1, 0.15) is 30.4 Å². The van der Waals surface area contributed by atoms with Crippen molar-refractivity contribution < 1.29 is 25.2 Å². The van der Waals surface area contributed by atoms with E-state index < -0.39 is 15.1 Å². The van der Waals surface area contributed by atoms with Crippen molar-refractivity contribution in [2.24, 2.45) is 0 Å². The molecular weight excluding hydrogens is 500 g/mol. The summed E-state index contributed by atoms with van der Waals surface area (Å²) in [4.78, 5) is 0. The van der Waals surface area contributed by atoms with Crippen LogP contribution in [0.25, 0.3) is 10.8 Å². The Kier molecular flexibility index (Phi) is 6.31. The minimum absolute atomic E-state index is 0.605. The summed E-state index contributed by atoms with van der Waals surface area (Å²) in [5, 5.41) is 5.92. The van der Waals surface area contributed by atoms with Crippen molar-refractivity contribution in [2.75, 3.05) is 6.16 Å². The van der Waals surface area contributed by atoms with E-state index in [1.165, 1.54) is 29.5 Å². The van der Waals surface area contributed by atoms with Gasteiger partial charge in [-0.15, -0.1) is 0 Å². The van der Waals surface area contributed by atoms with Gasteiger partial charge in [0, 0.05) is 5.56 Å². The molecule has 0 amide bonds. The molecule has 0 aromatic heterocycles. The van der Waals surface area contributed by atoms with Gasteiger partial charge in [-0.3, -0.25) is 0 Å². The van der Waals surface area contributed by atoms with Crippen LogP contribution in [0, 0.1) is 0 Å². The van der Waals surface area contributed by atoms with Gasteiger partial charge in [-0.2, -0.15) is 0 Å². The van der Waals surface area contributed by atoms with Gasteiger partial charge < -0.3 is 0 Å². The molecular formula is C27H26F6P2. The van der Waals surface area contributed by atoms with E-state index in [2.05, 4.69) is 104 Å². The molecule has 1 atom stereocenters. The molecule has 8 heteroatoms. The summed E-state index contributed by atoms with van der Waals surface area (Å²) in [5.74, 6) is 0.605. The van der Waals surface area contributed by atoms with Crippen LogP contribution in [0.3, 0.4) is 0 Å². The van der Waals surface area contributed by atoms with E-state index in [1.54, 1.807) is 21.7 Å². The van der Waals surface area contributed by atoms with E-state index in [0.717, 1.165) is 0 Å². The van der Waals surface area contributed by atoms with Crippen molar-refractivity contribution >= 4 is 36.5 Å². The van der Waals surface area contributed by atoms with Crippen LogP contribution < -0.4 is 10.6 Å². The van der Waals surface area contributed by atoms with E-state index in [1.807, 2.05) is 0 Å². The zero-order valence-electron chi connectivity index (χ0n) is 19.1. The van der Waals surface area contributed by atoms with Crippen molar-refractivity contribution in [1.29, 1.82) is 0 Å². The third-order valence-electron chi connectivity index (χ3n) is 6.48. The van der Waals surface area contributed by atoms with E-state index in [-0.39, 0.29) is 0 Å². The summed E-state index contributed by atoms with van der Waals surface area (Å²) in [6, 6.07) is 36.4. The molecule has 4 aromatic carbocycles. The van der Waals surface area contributed by atoms with Crippen LogP contribution in [0.2, 0.25) is 0 Å².